The average molecular weight is 359 g/mol. The largest absolute Gasteiger partial charge is 0.398 e. The van der Waals surface area contributed by atoms with Gasteiger partial charge in [-0.1, -0.05) is 12.1 Å². The van der Waals surface area contributed by atoms with Crippen LogP contribution in [0.5, 0.6) is 0 Å². The second-order valence-corrected chi connectivity index (χ2v) is 6.74. The fraction of sp³-hybridized carbons (Fsp3) is 0.0769. The van der Waals surface area contributed by atoms with Crippen LogP contribution < -0.4 is 10.5 Å². The second kappa shape index (κ2) is 5.41. The normalized spacial score (nSPS) is 11.3. The standard InChI is InChI=1S/C13H12BrFN2O2S/c1-8-11(15)6-9(7-12(8)16)20(18,19)17-13-5-3-2-4-10(13)14/h2-7,17H,16H2,1H3. The van der Waals surface area contributed by atoms with Crippen molar-refractivity contribution in [1.82, 2.24) is 0 Å². The zero-order chi connectivity index (χ0) is 14.9. The molecule has 0 aromatic heterocycles. The minimum absolute atomic E-state index is 0.0949. The molecule has 0 saturated heterocycles. The molecule has 0 saturated carbocycles. The van der Waals surface area contributed by atoms with E-state index in [1.54, 1.807) is 24.3 Å². The van der Waals surface area contributed by atoms with E-state index >= 15 is 0 Å². The van der Waals surface area contributed by atoms with Crippen LogP contribution in [-0.4, -0.2) is 8.42 Å². The molecule has 4 nitrogen and oxygen atoms in total. The Morgan fingerprint density at radius 1 is 1.25 bits per heavy atom. The van der Waals surface area contributed by atoms with Gasteiger partial charge in [-0.05, 0) is 47.1 Å². The Morgan fingerprint density at radius 3 is 2.50 bits per heavy atom. The van der Waals surface area contributed by atoms with Crippen molar-refractivity contribution >= 4 is 37.3 Å². The third-order valence-electron chi connectivity index (χ3n) is 2.79. The predicted molar refractivity (Wildman–Crippen MR) is 80.5 cm³/mol. The van der Waals surface area contributed by atoms with Crippen LogP contribution in [0.3, 0.4) is 0 Å². The SMILES string of the molecule is Cc1c(N)cc(S(=O)(=O)Nc2ccccc2Br)cc1F. The van der Waals surface area contributed by atoms with E-state index in [4.69, 9.17) is 5.73 Å². The van der Waals surface area contributed by atoms with E-state index in [1.807, 2.05) is 0 Å². The van der Waals surface area contributed by atoms with Crippen molar-refractivity contribution in [2.75, 3.05) is 10.5 Å². The summed E-state index contributed by atoms with van der Waals surface area (Å²) in [6.45, 7) is 1.49. The lowest BCUT2D eigenvalue weighted by Crippen LogP contribution is -2.14. The molecule has 0 aliphatic carbocycles. The van der Waals surface area contributed by atoms with Gasteiger partial charge in [-0.25, -0.2) is 12.8 Å². The van der Waals surface area contributed by atoms with Crippen molar-refractivity contribution < 1.29 is 12.8 Å². The highest BCUT2D eigenvalue weighted by Crippen LogP contribution is 2.26. The summed E-state index contributed by atoms with van der Waals surface area (Å²) in [5.74, 6) is -0.655. The summed E-state index contributed by atoms with van der Waals surface area (Å²) in [5, 5.41) is 0. The van der Waals surface area contributed by atoms with Gasteiger partial charge in [0, 0.05) is 15.7 Å². The molecule has 0 bridgehead atoms. The van der Waals surface area contributed by atoms with E-state index in [0.29, 0.717) is 10.2 Å². The third kappa shape index (κ3) is 2.94. The topological polar surface area (TPSA) is 72.2 Å². The van der Waals surface area contributed by atoms with Crippen molar-refractivity contribution in [3.05, 3.63) is 52.3 Å². The maximum atomic E-state index is 13.6. The number of nitrogen functional groups attached to an aromatic ring is 1. The van der Waals surface area contributed by atoms with Crippen LogP contribution in [0.25, 0.3) is 0 Å². The summed E-state index contributed by atoms with van der Waals surface area (Å²) >= 11 is 3.24. The first-order valence-electron chi connectivity index (χ1n) is 5.64. The van der Waals surface area contributed by atoms with Crippen LogP contribution in [0.1, 0.15) is 5.56 Å². The van der Waals surface area contributed by atoms with E-state index in [-0.39, 0.29) is 16.1 Å². The quantitative estimate of drug-likeness (QED) is 0.827. The Hall–Kier alpha value is -1.60. The highest BCUT2D eigenvalue weighted by atomic mass is 79.9. The molecule has 0 aliphatic heterocycles. The number of hydrogen-bond acceptors (Lipinski definition) is 3. The first kappa shape index (κ1) is 14.8. The minimum Gasteiger partial charge on any atom is -0.398 e. The van der Waals surface area contributed by atoms with Crippen LogP contribution in [0.2, 0.25) is 0 Å². The van der Waals surface area contributed by atoms with Gasteiger partial charge in [0.15, 0.2) is 0 Å². The lowest BCUT2D eigenvalue weighted by atomic mass is 10.2. The highest BCUT2D eigenvalue weighted by molar-refractivity contribution is 9.10. The van der Waals surface area contributed by atoms with E-state index in [9.17, 15) is 12.8 Å². The van der Waals surface area contributed by atoms with Gasteiger partial charge in [0.1, 0.15) is 5.82 Å². The molecule has 0 amide bonds. The maximum absolute atomic E-state index is 13.6. The molecule has 0 atom stereocenters. The molecule has 0 fully saturated rings. The lowest BCUT2D eigenvalue weighted by Gasteiger charge is -2.11. The molecule has 0 aliphatic rings. The molecular formula is C13H12BrFN2O2S. The maximum Gasteiger partial charge on any atom is 0.262 e. The predicted octanol–water partition coefficient (Wildman–Crippen LogP) is 3.28. The molecule has 2 rings (SSSR count). The number of anilines is 2. The molecule has 0 spiro atoms. The smallest absolute Gasteiger partial charge is 0.262 e. The number of sulfonamides is 1. The number of para-hydroxylation sites is 1. The number of nitrogens with one attached hydrogen (secondary N) is 1. The molecule has 3 N–H and O–H groups in total. The fourth-order valence-corrected chi connectivity index (χ4v) is 3.22. The Balaban J connectivity index is 2.44. The third-order valence-corrected chi connectivity index (χ3v) is 4.82. The van der Waals surface area contributed by atoms with Gasteiger partial charge in [-0.3, -0.25) is 4.72 Å². The van der Waals surface area contributed by atoms with Crippen molar-refractivity contribution in [2.24, 2.45) is 0 Å². The zero-order valence-corrected chi connectivity index (χ0v) is 12.9. The molecule has 0 radical (unpaired) electrons. The highest BCUT2D eigenvalue weighted by Gasteiger charge is 2.18. The molecule has 2 aromatic carbocycles. The van der Waals surface area contributed by atoms with Gasteiger partial charge in [0.25, 0.3) is 10.0 Å². The average Bonchev–Trinajstić information content (AvgIpc) is 2.38. The molecule has 106 valence electrons. The first-order valence-corrected chi connectivity index (χ1v) is 7.92. The molecule has 20 heavy (non-hydrogen) atoms. The van der Waals surface area contributed by atoms with Gasteiger partial charge in [0.2, 0.25) is 0 Å². The Bertz CT molecular complexity index is 740. The molecule has 0 unspecified atom stereocenters. The number of benzene rings is 2. The summed E-state index contributed by atoms with van der Waals surface area (Å²) in [6, 6.07) is 8.91. The van der Waals surface area contributed by atoms with Crippen molar-refractivity contribution in [3.8, 4) is 0 Å². The van der Waals surface area contributed by atoms with Crippen LogP contribution in [0, 0.1) is 12.7 Å². The van der Waals surface area contributed by atoms with Gasteiger partial charge in [0.05, 0.1) is 10.6 Å². The Morgan fingerprint density at radius 2 is 1.90 bits per heavy atom. The van der Waals surface area contributed by atoms with E-state index in [2.05, 4.69) is 20.7 Å². The Kier molecular flexibility index (Phi) is 4.01. The minimum atomic E-state index is -3.90. The molecular weight excluding hydrogens is 347 g/mol. The lowest BCUT2D eigenvalue weighted by molar-refractivity contribution is 0.593. The van der Waals surface area contributed by atoms with E-state index in [1.165, 1.54) is 13.0 Å². The number of hydrogen-bond donors (Lipinski definition) is 2. The summed E-state index contributed by atoms with van der Waals surface area (Å²) in [7, 11) is -3.90. The first-order chi connectivity index (χ1) is 9.31. The summed E-state index contributed by atoms with van der Waals surface area (Å²) in [5.41, 5.74) is 6.29. The van der Waals surface area contributed by atoms with Crippen molar-refractivity contribution in [1.29, 1.82) is 0 Å². The fourth-order valence-electron chi connectivity index (χ4n) is 1.58. The van der Waals surface area contributed by atoms with Gasteiger partial charge >= 0.3 is 0 Å². The summed E-state index contributed by atoms with van der Waals surface area (Å²) < 4.78 is 41.0. The van der Waals surface area contributed by atoms with Crippen LogP contribution in [-0.2, 0) is 10.0 Å². The Labute approximate surface area is 125 Å². The zero-order valence-electron chi connectivity index (χ0n) is 10.5. The van der Waals surface area contributed by atoms with Gasteiger partial charge < -0.3 is 5.73 Å². The second-order valence-electron chi connectivity index (χ2n) is 4.20. The van der Waals surface area contributed by atoms with Gasteiger partial charge in [-0.15, -0.1) is 0 Å². The van der Waals surface area contributed by atoms with E-state index in [0.717, 1.165) is 6.07 Å². The van der Waals surface area contributed by atoms with Crippen LogP contribution >= 0.6 is 15.9 Å². The molecule has 2 aromatic rings. The molecule has 0 heterocycles. The van der Waals surface area contributed by atoms with Crippen molar-refractivity contribution in [2.45, 2.75) is 11.8 Å². The van der Waals surface area contributed by atoms with Gasteiger partial charge in [-0.2, -0.15) is 0 Å². The van der Waals surface area contributed by atoms with E-state index < -0.39 is 15.8 Å². The monoisotopic (exact) mass is 358 g/mol. The van der Waals surface area contributed by atoms with Crippen LogP contribution in [0.4, 0.5) is 15.8 Å². The summed E-state index contributed by atoms with van der Waals surface area (Å²) in [4.78, 5) is -0.214. The summed E-state index contributed by atoms with van der Waals surface area (Å²) in [6.07, 6.45) is 0. The van der Waals surface area contributed by atoms with Crippen molar-refractivity contribution in [3.63, 3.8) is 0 Å². The number of nitrogens with two attached hydrogens (primary N) is 1. The number of halogens is 2. The molecule has 7 heteroatoms. The number of rotatable bonds is 3. The van der Waals surface area contributed by atoms with Crippen LogP contribution in [0.15, 0.2) is 45.8 Å².